The summed E-state index contributed by atoms with van der Waals surface area (Å²) >= 11 is 0. The maximum Gasteiger partial charge on any atom is 0.0555 e. The van der Waals surface area contributed by atoms with E-state index in [-0.39, 0.29) is 11.3 Å². The minimum Gasteiger partial charge on any atom is -0.395 e. The number of aliphatic hydroxyl groups is 1. The fourth-order valence-electron chi connectivity index (χ4n) is 1.23. The summed E-state index contributed by atoms with van der Waals surface area (Å²) in [6.07, 6.45) is 8.04. The smallest absolute Gasteiger partial charge is 0.0555 e. The molecule has 3 heteroatoms. The Morgan fingerprint density at radius 3 is 2.15 bits per heavy atom. The Bertz CT molecular complexity index is 71.3. The molecule has 82 valence electrons. The van der Waals surface area contributed by atoms with E-state index < -0.39 is 0 Å². The van der Waals surface area contributed by atoms with Crippen LogP contribution in [0.3, 0.4) is 0 Å². The molecule has 0 amide bonds. The molecule has 0 bridgehead atoms. The lowest BCUT2D eigenvalue weighted by Crippen LogP contribution is -2.19. The van der Waals surface area contributed by atoms with E-state index in [1.165, 1.54) is 38.5 Å². The molecule has 0 aromatic rings. The molecule has 0 radical (unpaired) electrons. The van der Waals surface area contributed by atoms with Crippen molar-refractivity contribution in [3.63, 3.8) is 0 Å². The molecule has 0 atom stereocenters. The third kappa shape index (κ3) is 14.7. The van der Waals surface area contributed by atoms with Crippen LogP contribution in [0.15, 0.2) is 0 Å². The van der Waals surface area contributed by atoms with Crippen molar-refractivity contribution in [3.05, 3.63) is 0 Å². The number of hydrogen-bond donors (Lipinski definition) is 2. The number of hydrogen-bond acceptors (Lipinski definition) is 2. The van der Waals surface area contributed by atoms with E-state index in [4.69, 9.17) is 5.11 Å². The van der Waals surface area contributed by atoms with Crippen molar-refractivity contribution < 1.29 is 9.81 Å². The average Bonchev–Trinajstić information content (AvgIpc) is 2.10. The van der Waals surface area contributed by atoms with Crippen LogP contribution in [0.5, 0.6) is 0 Å². The van der Waals surface area contributed by atoms with Crippen molar-refractivity contribution >= 4 is 0 Å². The van der Waals surface area contributed by atoms with E-state index in [1.54, 1.807) is 0 Å². The predicted octanol–water partition coefficient (Wildman–Crippen LogP) is 2.08. The Morgan fingerprint density at radius 1 is 0.923 bits per heavy atom. The molecule has 0 aromatic carbocycles. The van der Waals surface area contributed by atoms with E-state index in [2.05, 4.69) is 12.2 Å². The Kier molecular flexibility index (Phi) is 17.0. The topological polar surface area (TPSA) is 32.3 Å². The first-order chi connectivity index (χ1) is 5.91. The second-order valence-corrected chi connectivity index (χ2v) is 3.24. The van der Waals surface area contributed by atoms with E-state index in [0.717, 1.165) is 13.1 Å². The van der Waals surface area contributed by atoms with Gasteiger partial charge in [0.05, 0.1) is 6.61 Å². The molecule has 0 aliphatic carbocycles. The van der Waals surface area contributed by atoms with Gasteiger partial charge in [-0.05, 0) is 13.0 Å². The molecule has 0 heterocycles. The van der Waals surface area contributed by atoms with Crippen molar-refractivity contribution in [2.24, 2.45) is 0 Å². The SMILES string of the molecule is CCCCCCCCNCCO.F. The summed E-state index contributed by atoms with van der Waals surface area (Å²) in [5.74, 6) is 0. The van der Waals surface area contributed by atoms with Crippen LogP contribution >= 0.6 is 0 Å². The highest BCUT2D eigenvalue weighted by Gasteiger charge is 1.89. The van der Waals surface area contributed by atoms with Gasteiger partial charge in [0.2, 0.25) is 0 Å². The first-order valence-electron chi connectivity index (χ1n) is 5.23. The van der Waals surface area contributed by atoms with Gasteiger partial charge in [0.1, 0.15) is 0 Å². The summed E-state index contributed by atoms with van der Waals surface area (Å²) in [4.78, 5) is 0. The lowest BCUT2D eigenvalue weighted by molar-refractivity contribution is 0.292. The van der Waals surface area contributed by atoms with Gasteiger partial charge < -0.3 is 10.4 Å². The standard InChI is InChI=1S/C10H23NO.FH/c1-2-3-4-5-6-7-8-11-9-10-12;/h11-12H,2-10H2,1H3;1H. The molecule has 0 saturated heterocycles. The molecule has 0 aliphatic rings. The van der Waals surface area contributed by atoms with Crippen LogP contribution in [-0.2, 0) is 0 Å². The number of halogens is 1. The Morgan fingerprint density at radius 2 is 1.54 bits per heavy atom. The molecule has 0 fully saturated rings. The minimum absolute atomic E-state index is 0. The fourth-order valence-corrected chi connectivity index (χ4v) is 1.23. The molecule has 2 N–H and O–H groups in total. The van der Waals surface area contributed by atoms with E-state index in [9.17, 15) is 0 Å². The summed E-state index contributed by atoms with van der Waals surface area (Å²) in [5.41, 5.74) is 0. The quantitative estimate of drug-likeness (QED) is 0.549. The zero-order chi connectivity index (χ0) is 9.07. The van der Waals surface area contributed by atoms with Crippen molar-refractivity contribution in [3.8, 4) is 0 Å². The van der Waals surface area contributed by atoms with Gasteiger partial charge in [-0.1, -0.05) is 39.0 Å². The Hall–Kier alpha value is -0.150. The van der Waals surface area contributed by atoms with E-state index >= 15 is 0 Å². The van der Waals surface area contributed by atoms with Gasteiger partial charge in [0.15, 0.2) is 0 Å². The summed E-state index contributed by atoms with van der Waals surface area (Å²) in [5, 5.41) is 11.7. The monoisotopic (exact) mass is 193 g/mol. The zero-order valence-corrected chi connectivity index (χ0v) is 8.72. The first-order valence-corrected chi connectivity index (χ1v) is 5.23. The van der Waals surface area contributed by atoms with Crippen LogP contribution in [0.25, 0.3) is 0 Å². The molecule has 0 spiro atoms. The largest absolute Gasteiger partial charge is 0.395 e. The van der Waals surface area contributed by atoms with Crippen LogP contribution in [0.2, 0.25) is 0 Å². The molecule has 0 aromatic heterocycles. The number of rotatable bonds is 9. The molecule has 0 saturated carbocycles. The van der Waals surface area contributed by atoms with Crippen LogP contribution in [0.1, 0.15) is 45.4 Å². The summed E-state index contributed by atoms with van der Waals surface area (Å²) in [6.45, 7) is 4.31. The van der Waals surface area contributed by atoms with Crippen LogP contribution in [0.4, 0.5) is 4.70 Å². The minimum atomic E-state index is 0. The van der Waals surface area contributed by atoms with Crippen molar-refractivity contribution in [2.45, 2.75) is 45.4 Å². The number of nitrogens with one attached hydrogen (secondary N) is 1. The molecule has 13 heavy (non-hydrogen) atoms. The van der Waals surface area contributed by atoms with Gasteiger partial charge in [-0.2, -0.15) is 0 Å². The normalized spacial score (nSPS) is 9.69. The van der Waals surface area contributed by atoms with Gasteiger partial charge in [0.25, 0.3) is 0 Å². The average molecular weight is 193 g/mol. The lowest BCUT2D eigenvalue weighted by atomic mass is 10.1. The number of aliphatic hydroxyl groups excluding tert-OH is 1. The molecular weight excluding hydrogens is 169 g/mol. The van der Waals surface area contributed by atoms with E-state index in [0.29, 0.717) is 0 Å². The first kappa shape index (κ1) is 15.3. The highest BCUT2D eigenvalue weighted by Crippen LogP contribution is 2.03. The number of unbranched alkanes of at least 4 members (excludes halogenated alkanes) is 5. The molecule has 0 rings (SSSR count). The highest BCUT2D eigenvalue weighted by molar-refractivity contribution is 4.48. The van der Waals surface area contributed by atoms with Crippen molar-refractivity contribution in [2.75, 3.05) is 19.7 Å². The van der Waals surface area contributed by atoms with Crippen LogP contribution in [0, 0.1) is 0 Å². The highest BCUT2D eigenvalue weighted by atomic mass is 19.0. The van der Waals surface area contributed by atoms with Crippen molar-refractivity contribution in [1.29, 1.82) is 0 Å². The Labute approximate surface area is 81.1 Å². The zero-order valence-electron chi connectivity index (χ0n) is 8.72. The van der Waals surface area contributed by atoms with Crippen LogP contribution < -0.4 is 5.32 Å². The van der Waals surface area contributed by atoms with Gasteiger partial charge in [-0.3, -0.25) is 4.70 Å². The van der Waals surface area contributed by atoms with Gasteiger partial charge in [-0.15, -0.1) is 0 Å². The van der Waals surface area contributed by atoms with Crippen molar-refractivity contribution in [1.82, 2.24) is 5.32 Å². The second-order valence-electron chi connectivity index (χ2n) is 3.24. The Balaban J connectivity index is 0. The fraction of sp³-hybridized carbons (Fsp3) is 1.00. The maximum atomic E-state index is 8.48. The molecular formula is C10H24FNO. The molecule has 0 aliphatic heterocycles. The third-order valence-electron chi connectivity index (χ3n) is 2.00. The lowest BCUT2D eigenvalue weighted by Gasteiger charge is -2.01. The van der Waals surface area contributed by atoms with Gasteiger partial charge in [0, 0.05) is 6.54 Å². The summed E-state index contributed by atoms with van der Waals surface area (Å²) in [7, 11) is 0. The third-order valence-corrected chi connectivity index (χ3v) is 2.00. The molecule has 2 nitrogen and oxygen atoms in total. The van der Waals surface area contributed by atoms with E-state index in [1.807, 2.05) is 0 Å². The van der Waals surface area contributed by atoms with Gasteiger partial charge >= 0.3 is 0 Å². The summed E-state index contributed by atoms with van der Waals surface area (Å²) in [6, 6.07) is 0. The van der Waals surface area contributed by atoms with Crippen LogP contribution in [-0.4, -0.2) is 24.8 Å². The molecule has 0 unspecified atom stereocenters. The predicted molar refractivity (Wildman–Crippen MR) is 55.8 cm³/mol. The van der Waals surface area contributed by atoms with Gasteiger partial charge in [-0.25, -0.2) is 0 Å². The maximum absolute atomic E-state index is 8.48. The second kappa shape index (κ2) is 14.4. The summed E-state index contributed by atoms with van der Waals surface area (Å²) < 4.78 is 0.